The van der Waals surface area contributed by atoms with E-state index in [0.717, 1.165) is 15.6 Å². The van der Waals surface area contributed by atoms with Gasteiger partial charge in [-0.2, -0.15) is 0 Å². The zero-order valence-corrected chi connectivity index (χ0v) is 17.4. The zero-order valence-electron chi connectivity index (χ0n) is 15.9. The summed E-state index contributed by atoms with van der Waals surface area (Å²) >= 11 is 3.54. The fraction of sp³-hybridized carbons (Fsp3) is 0.273. The van der Waals surface area contributed by atoms with E-state index in [0.29, 0.717) is 30.5 Å². The molecule has 1 aliphatic carbocycles. The normalized spacial score (nSPS) is 19.4. The Bertz CT molecular complexity index is 1080. The highest BCUT2D eigenvalue weighted by Gasteiger charge is 2.41. The number of rotatable bonds is 3. The fourth-order valence-corrected chi connectivity index (χ4v) is 4.83. The van der Waals surface area contributed by atoms with Crippen molar-refractivity contribution in [3.8, 4) is 0 Å². The van der Waals surface area contributed by atoms with Crippen LogP contribution in [-0.4, -0.2) is 16.6 Å². The van der Waals surface area contributed by atoms with Gasteiger partial charge in [-0.25, -0.2) is 0 Å². The van der Waals surface area contributed by atoms with Gasteiger partial charge in [0.15, 0.2) is 5.78 Å². The molecule has 1 atom stereocenters. The number of benzene rings is 2. The third kappa shape index (κ3) is 3.40. The van der Waals surface area contributed by atoms with E-state index in [1.54, 1.807) is 19.1 Å². The molecular weight excluding hydrogens is 436 g/mol. The summed E-state index contributed by atoms with van der Waals surface area (Å²) in [6.45, 7) is 1.77. The van der Waals surface area contributed by atoms with Gasteiger partial charge in [-0.15, -0.1) is 0 Å². The molecule has 29 heavy (non-hydrogen) atoms. The molecule has 7 heteroatoms. The molecule has 0 aromatic heterocycles. The van der Waals surface area contributed by atoms with Crippen LogP contribution in [0.25, 0.3) is 0 Å². The highest BCUT2D eigenvalue weighted by Crippen LogP contribution is 2.46. The third-order valence-electron chi connectivity index (χ3n) is 5.52. The van der Waals surface area contributed by atoms with Crippen LogP contribution in [0.3, 0.4) is 0 Å². The van der Waals surface area contributed by atoms with E-state index in [9.17, 15) is 19.7 Å². The van der Waals surface area contributed by atoms with Gasteiger partial charge in [-0.3, -0.25) is 24.6 Å². The van der Waals surface area contributed by atoms with Gasteiger partial charge in [0, 0.05) is 40.6 Å². The summed E-state index contributed by atoms with van der Waals surface area (Å²) in [5.74, 6) is -0.563. The van der Waals surface area contributed by atoms with Gasteiger partial charge in [0.25, 0.3) is 5.69 Å². The van der Waals surface area contributed by atoms with Crippen molar-refractivity contribution in [2.45, 2.75) is 38.5 Å². The molecule has 0 saturated heterocycles. The van der Waals surface area contributed by atoms with Gasteiger partial charge >= 0.3 is 0 Å². The first-order chi connectivity index (χ1) is 13.9. The number of carbonyl (C=O) groups excluding carboxylic acids is 2. The van der Waals surface area contributed by atoms with Crippen LogP contribution in [-0.2, 0) is 9.59 Å². The van der Waals surface area contributed by atoms with Crippen LogP contribution in [0.5, 0.6) is 0 Å². The minimum Gasteiger partial charge on any atom is -0.294 e. The predicted octanol–water partition coefficient (Wildman–Crippen LogP) is 5.19. The predicted molar refractivity (Wildman–Crippen MR) is 113 cm³/mol. The first-order valence-corrected chi connectivity index (χ1v) is 10.3. The van der Waals surface area contributed by atoms with E-state index < -0.39 is 4.92 Å². The Morgan fingerprint density at radius 1 is 1.14 bits per heavy atom. The second kappa shape index (κ2) is 7.55. The standard InChI is InChI=1S/C22H19BrN2O4/c1-13-9-10-17(19(11-13)25(28)29)24-18-7-4-8-20(26)22(18)15(12-21(24)27)14-5-2-3-6-16(14)23/h2-3,5-6,9-11,15H,4,7-8,12H2,1H3. The van der Waals surface area contributed by atoms with Gasteiger partial charge < -0.3 is 0 Å². The third-order valence-corrected chi connectivity index (χ3v) is 6.25. The number of anilines is 1. The molecule has 0 radical (unpaired) electrons. The van der Waals surface area contributed by atoms with Gasteiger partial charge in [-0.1, -0.05) is 40.2 Å². The van der Waals surface area contributed by atoms with E-state index in [-0.39, 0.29) is 35.4 Å². The lowest BCUT2D eigenvalue weighted by molar-refractivity contribution is -0.384. The number of nitro benzene ring substituents is 1. The molecular formula is C22H19BrN2O4. The summed E-state index contributed by atoms with van der Waals surface area (Å²) < 4.78 is 0.845. The quantitative estimate of drug-likeness (QED) is 0.471. The number of hydrogen-bond donors (Lipinski definition) is 0. The number of hydrogen-bond acceptors (Lipinski definition) is 4. The van der Waals surface area contributed by atoms with Crippen LogP contribution in [0.1, 0.15) is 42.7 Å². The second-order valence-corrected chi connectivity index (χ2v) is 8.25. The van der Waals surface area contributed by atoms with E-state index in [1.165, 1.54) is 11.0 Å². The van der Waals surface area contributed by atoms with Crippen molar-refractivity contribution in [3.05, 3.63) is 79.4 Å². The summed E-state index contributed by atoms with van der Waals surface area (Å²) in [4.78, 5) is 38.8. The number of ketones is 1. The Balaban J connectivity index is 1.93. The van der Waals surface area contributed by atoms with Crippen LogP contribution < -0.4 is 4.90 Å². The lowest BCUT2D eigenvalue weighted by Gasteiger charge is -2.38. The van der Waals surface area contributed by atoms with Crippen molar-refractivity contribution < 1.29 is 14.5 Å². The monoisotopic (exact) mass is 454 g/mol. The molecule has 1 amide bonds. The first-order valence-electron chi connectivity index (χ1n) is 9.47. The second-order valence-electron chi connectivity index (χ2n) is 7.39. The Hall–Kier alpha value is -2.80. The molecule has 148 valence electrons. The van der Waals surface area contributed by atoms with E-state index in [2.05, 4.69) is 15.9 Å². The molecule has 0 spiro atoms. The molecule has 2 aromatic rings. The van der Waals surface area contributed by atoms with Gasteiger partial charge in [0.2, 0.25) is 5.91 Å². The average Bonchev–Trinajstić information content (AvgIpc) is 2.68. The molecule has 0 N–H and O–H groups in total. The average molecular weight is 455 g/mol. The fourth-order valence-electron chi connectivity index (χ4n) is 4.26. The number of carbonyl (C=O) groups is 2. The number of nitro groups is 1. The number of Topliss-reactive ketones (excluding diaryl/α,β-unsaturated/α-hetero) is 1. The van der Waals surface area contributed by atoms with Crippen LogP contribution in [0, 0.1) is 17.0 Å². The molecule has 4 rings (SSSR count). The molecule has 6 nitrogen and oxygen atoms in total. The summed E-state index contributed by atoms with van der Waals surface area (Å²) in [6, 6.07) is 12.4. The zero-order chi connectivity index (χ0) is 20.7. The maximum atomic E-state index is 13.3. The topological polar surface area (TPSA) is 80.5 Å². The van der Waals surface area contributed by atoms with Crippen LogP contribution in [0.2, 0.25) is 0 Å². The van der Waals surface area contributed by atoms with E-state index >= 15 is 0 Å². The summed E-state index contributed by atoms with van der Waals surface area (Å²) in [7, 11) is 0. The molecule has 1 aliphatic heterocycles. The van der Waals surface area contributed by atoms with Crippen LogP contribution in [0.4, 0.5) is 11.4 Å². The largest absolute Gasteiger partial charge is 0.294 e. The maximum Gasteiger partial charge on any atom is 0.293 e. The van der Waals surface area contributed by atoms with Gasteiger partial charge in [-0.05, 0) is 43.0 Å². The maximum absolute atomic E-state index is 13.3. The summed E-state index contributed by atoms with van der Waals surface area (Å²) in [5, 5.41) is 11.7. The van der Waals surface area contributed by atoms with Crippen LogP contribution in [0.15, 0.2) is 58.2 Å². The van der Waals surface area contributed by atoms with E-state index in [1.807, 2.05) is 24.3 Å². The van der Waals surface area contributed by atoms with Crippen LogP contribution >= 0.6 is 15.9 Å². The highest BCUT2D eigenvalue weighted by molar-refractivity contribution is 9.10. The molecule has 0 fully saturated rings. The lowest BCUT2D eigenvalue weighted by atomic mass is 9.77. The first kappa shape index (κ1) is 19.5. The van der Waals surface area contributed by atoms with E-state index in [4.69, 9.17) is 0 Å². The van der Waals surface area contributed by atoms with Crippen molar-refractivity contribution in [2.24, 2.45) is 0 Å². The Morgan fingerprint density at radius 2 is 1.90 bits per heavy atom. The number of nitrogens with zero attached hydrogens (tertiary/aromatic N) is 2. The minimum atomic E-state index is -0.472. The molecule has 1 heterocycles. The number of allylic oxidation sites excluding steroid dienone is 2. The van der Waals surface area contributed by atoms with Gasteiger partial charge in [0.05, 0.1) is 4.92 Å². The van der Waals surface area contributed by atoms with Crippen molar-refractivity contribution >= 4 is 39.0 Å². The molecule has 2 aliphatic rings. The number of halogens is 1. The Morgan fingerprint density at radius 3 is 2.62 bits per heavy atom. The summed E-state index contributed by atoms with van der Waals surface area (Å²) in [5.41, 5.74) is 2.95. The lowest BCUT2D eigenvalue weighted by Crippen LogP contribution is -2.40. The van der Waals surface area contributed by atoms with Crippen molar-refractivity contribution in [1.29, 1.82) is 0 Å². The SMILES string of the molecule is Cc1ccc(N2C(=O)CC(c3ccccc3Br)C3=C2CCCC3=O)c([N+](=O)[O-])c1. The van der Waals surface area contributed by atoms with Crippen molar-refractivity contribution in [3.63, 3.8) is 0 Å². The Labute approximate surface area is 176 Å². The van der Waals surface area contributed by atoms with Crippen molar-refractivity contribution in [2.75, 3.05) is 4.90 Å². The minimum absolute atomic E-state index is 0.0132. The van der Waals surface area contributed by atoms with Gasteiger partial charge in [0.1, 0.15) is 5.69 Å². The highest BCUT2D eigenvalue weighted by atomic mass is 79.9. The molecule has 0 saturated carbocycles. The smallest absolute Gasteiger partial charge is 0.293 e. The number of amides is 1. The Kier molecular flexibility index (Phi) is 5.08. The molecule has 2 aromatic carbocycles. The molecule has 0 bridgehead atoms. The summed E-state index contributed by atoms with van der Waals surface area (Å²) in [6.07, 6.45) is 1.69. The van der Waals surface area contributed by atoms with Crippen molar-refractivity contribution in [1.82, 2.24) is 0 Å². The molecule has 1 unspecified atom stereocenters. The number of aryl methyl sites for hydroxylation is 1.